The van der Waals surface area contributed by atoms with Gasteiger partial charge in [0, 0.05) is 10.7 Å². The average molecular weight is 510 g/mol. The first-order valence-electron chi connectivity index (χ1n) is 10.7. The molecule has 1 fully saturated rings. The Morgan fingerprint density at radius 3 is 2.43 bits per heavy atom. The molecule has 1 heterocycles. The van der Waals surface area contributed by atoms with Gasteiger partial charge in [0.25, 0.3) is 11.8 Å². The molecule has 0 aromatic heterocycles. The van der Waals surface area contributed by atoms with Crippen LogP contribution in [0.2, 0.25) is 10.0 Å². The minimum Gasteiger partial charge on any atom is -0.482 e. The van der Waals surface area contributed by atoms with Crippen molar-refractivity contribution in [2.75, 3.05) is 11.9 Å². The SMILES string of the molecule is Cc1ccc(NC(=O)COc2ccc(/C=C3\NC(=O)N(Cc4ccc(Cl)cc4)C3=O)cc2Cl)cc1. The zero-order valence-corrected chi connectivity index (χ0v) is 20.2. The Morgan fingerprint density at radius 2 is 1.74 bits per heavy atom. The second-order valence-electron chi connectivity index (χ2n) is 7.90. The molecule has 0 bridgehead atoms. The molecule has 0 atom stereocenters. The molecule has 1 aliphatic heterocycles. The Morgan fingerprint density at radius 1 is 1.03 bits per heavy atom. The molecular formula is C26H21Cl2N3O4. The van der Waals surface area contributed by atoms with Crippen molar-refractivity contribution in [3.63, 3.8) is 0 Å². The number of rotatable bonds is 7. The average Bonchev–Trinajstić information content (AvgIpc) is 3.08. The zero-order chi connectivity index (χ0) is 24.9. The Hall–Kier alpha value is -3.81. The maximum absolute atomic E-state index is 12.7. The van der Waals surface area contributed by atoms with Crippen LogP contribution in [0.1, 0.15) is 16.7 Å². The highest BCUT2D eigenvalue weighted by molar-refractivity contribution is 6.32. The quantitative estimate of drug-likeness (QED) is 0.329. The van der Waals surface area contributed by atoms with Gasteiger partial charge in [-0.2, -0.15) is 0 Å². The fourth-order valence-corrected chi connectivity index (χ4v) is 3.72. The summed E-state index contributed by atoms with van der Waals surface area (Å²) in [6.07, 6.45) is 1.53. The highest BCUT2D eigenvalue weighted by atomic mass is 35.5. The van der Waals surface area contributed by atoms with Crippen molar-refractivity contribution in [1.82, 2.24) is 10.2 Å². The normalized spacial score (nSPS) is 14.3. The van der Waals surface area contributed by atoms with Crippen LogP contribution in [0, 0.1) is 6.92 Å². The number of amides is 4. The lowest BCUT2D eigenvalue weighted by Gasteiger charge is -2.11. The number of hydrogen-bond acceptors (Lipinski definition) is 4. The van der Waals surface area contributed by atoms with Crippen LogP contribution in [-0.2, 0) is 16.1 Å². The lowest BCUT2D eigenvalue weighted by Crippen LogP contribution is -2.30. The number of carbonyl (C=O) groups excluding carboxylic acids is 3. The topological polar surface area (TPSA) is 87.7 Å². The number of benzene rings is 3. The largest absolute Gasteiger partial charge is 0.482 e. The summed E-state index contributed by atoms with van der Waals surface area (Å²) in [6, 6.07) is 18.7. The summed E-state index contributed by atoms with van der Waals surface area (Å²) in [6.45, 7) is 1.86. The van der Waals surface area contributed by atoms with E-state index in [0.29, 0.717) is 22.0 Å². The predicted molar refractivity (Wildman–Crippen MR) is 135 cm³/mol. The van der Waals surface area contributed by atoms with Gasteiger partial charge < -0.3 is 15.4 Å². The van der Waals surface area contributed by atoms with Crippen LogP contribution in [-0.4, -0.2) is 29.4 Å². The van der Waals surface area contributed by atoms with E-state index in [1.165, 1.54) is 6.08 Å². The molecule has 0 radical (unpaired) electrons. The molecule has 35 heavy (non-hydrogen) atoms. The van der Waals surface area contributed by atoms with Crippen molar-refractivity contribution in [3.05, 3.63) is 99.2 Å². The van der Waals surface area contributed by atoms with Gasteiger partial charge in [0.2, 0.25) is 0 Å². The van der Waals surface area contributed by atoms with Crippen molar-refractivity contribution in [3.8, 4) is 5.75 Å². The molecule has 3 aromatic rings. The van der Waals surface area contributed by atoms with Crippen LogP contribution in [0.4, 0.5) is 10.5 Å². The van der Waals surface area contributed by atoms with Crippen LogP contribution in [0.25, 0.3) is 6.08 Å². The summed E-state index contributed by atoms with van der Waals surface area (Å²) in [5.41, 5.74) is 3.25. The number of hydrogen-bond donors (Lipinski definition) is 2. The van der Waals surface area contributed by atoms with Crippen LogP contribution in [0.15, 0.2) is 72.4 Å². The van der Waals surface area contributed by atoms with Crippen molar-refractivity contribution in [2.24, 2.45) is 0 Å². The molecule has 2 N–H and O–H groups in total. The van der Waals surface area contributed by atoms with Crippen LogP contribution in [0.3, 0.4) is 0 Å². The first-order chi connectivity index (χ1) is 16.8. The number of anilines is 1. The van der Waals surface area contributed by atoms with E-state index in [4.69, 9.17) is 27.9 Å². The molecule has 4 amide bonds. The molecule has 0 unspecified atom stereocenters. The van der Waals surface area contributed by atoms with Crippen molar-refractivity contribution in [1.29, 1.82) is 0 Å². The zero-order valence-electron chi connectivity index (χ0n) is 18.7. The third-order valence-electron chi connectivity index (χ3n) is 5.18. The summed E-state index contributed by atoms with van der Waals surface area (Å²) < 4.78 is 5.53. The van der Waals surface area contributed by atoms with E-state index in [0.717, 1.165) is 16.0 Å². The summed E-state index contributed by atoms with van der Waals surface area (Å²) in [5, 5.41) is 6.16. The molecular weight excluding hydrogens is 489 g/mol. The van der Waals surface area contributed by atoms with Crippen LogP contribution in [0.5, 0.6) is 5.75 Å². The van der Waals surface area contributed by atoms with E-state index < -0.39 is 11.9 Å². The summed E-state index contributed by atoms with van der Waals surface area (Å²) >= 11 is 12.2. The number of halogens is 2. The van der Waals surface area contributed by atoms with Crippen LogP contribution >= 0.6 is 23.2 Å². The second kappa shape index (κ2) is 10.6. The minimum absolute atomic E-state index is 0.122. The molecule has 0 aliphatic carbocycles. The molecule has 178 valence electrons. The fourth-order valence-electron chi connectivity index (χ4n) is 3.36. The van der Waals surface area contributed by atoms with Gasteiger partial charge >= 0.3 is 6.03 Å². The van der Waals surface area contributed by atoms with Crippen molar-refractivity contribution >= 4 is 52.8 Å². The lowest BCUT2D eigenvalue weighted by atomic mass is 10.1. The van der Waals surface area contributed by atoms with Gasteiger partial charge in [0.1, 0.15) is 11.4 Å². The minimum atomic E-state index is -0.512. The monoisotopic (exact) mass is 509 g/mol. The number of nitrogens with zero attached hydrogens (tertiary/aromatic N) is 1. The smallest absolute Gasteiger partial charge is 0.329 e. The maximum Gasteiger partial charge on any atom is 0.329 e. The maximum atomic E-state index is 12.7. The van der Waals surface area contributed by atoms with E-state index in [1.54, 1.807) is 42.5 Å². The third-order valence-corrected chi connectivity index (χ3v) is 5.72. The lowest BCUT2D eigenvalue weighted by molar-refractivity contribution is -0.123. The summed E-state index contributed by atoms with van der Waals surface area (Å²) in [7, 11) is 0. The molecule has 1 aliphatic rings. The van der Waals surface area contributed by atoms with E-state index in [1.807, 2.05) is 31.2 Å². The molecule has 3 aromatic carbocycles. The van der Waals surface area contributed by atoms with E-state index >= 15 is 0 Å². The number of aryl methyl sites for hydroxylation is 1. The number of urea groups is 1. The van der Waals surface area contributed by atoms with E-state index in [-0.39, 0.29) is 29.8 Å². The predicted octanol–water partition coefficient (Wildman–Crippen LogP) is 5.41. The summed E-state index contributed by atoms with van der Waals surface area (Å²) in [4.78, 5) is 38.3. The van der Waals surface area contributed by atoms with E-state index in [9.17, 15) is 14.4 Å². The third kappa shape index (κ3) is 6.20. The van der Waals surface area contributed by atoms with Crippen molar-refractivity contribution < 1.29 is 19.1 Å². The van der Waals surface area contributed by atoms with Gasteiger partial charge in [-0.25, -0.2) is 4.79 Å². The van der Waals surface area contributed by atoms with Gasteiger partial charge in [0.05, 0.1) is 11.6 Å². The number of imide groups is 1. The number of ether oxygens (including phenoxy) is 1. The van der Waals surface area contributed by atoms with Crippen molar-refractivity contribution in [2.45, 2.75) is 13.5 Å². The van der Waals surface area contributed by atoms with Crippen LogP contribution < -0.4 is 15.4 Å². The second-order valence-corrected chi connectivity index (χ2v) is 8.74. The Labute approximate surface area is 212 Å². The number of nitrogens with one attached hydrogen (secondary N) is 2. The first-order valence-corrected chi connectivity index (χ1v) is 11.4. The summed E-state index contributed by atoms with van der Waals surface area (Å²) in [5.74, 6) is -0.454. The molecule has 0 saturated carbocycles. The van der Waals surface area contributed by atoms with Gasteiger partial charge in [-0.15, -0.1) is 0 Å². The Bertz CT molecular complexity index is 1310. The molecule has 9 heteroatoms. The molecule has 4 rings (SSSR count). The Balaban J connectivity index is 1.37. The Kier molecular flexibility index (Phi) is 7.39. The fraction of sp³-hybridized carbons (Fsp3) is 0.115. The van der Waals surface area contributed by atoms with Gasteiger partial charge in [0.15, 0.2) is 6.61 Å². The van der Waals surface area contributed by atoms with E-state index in [2.05, 4.69) is 10.6 Å². The number of carbonyl (C=O) groups is 3. The van der Waals surface area contributed by atoms with Gasteiger partial charge in [-0.1, -0.05) is 59.1 Å². The molecule has 7 nitrogen and oxygen atoms in total. The highest BCUT2D eigenvalue weighted by Crippen LogP contribution is 2.27. The van der Waals surface area contributed by atoms with Gasteiger partial charge in [-0.3, -0.25) is 14.5 Å². The first kappa shape index (κ1) is 24.3. The molecule has 1 saturated heterocycles. The highest BCUT2D eigenvalue weighted by Gasteiger charge is 2.33. The molecule has 0 spiro atoms. The standard InChI is InChI=1S/C26H21Cl2N3O4/c1-16-2-9-20(10-3-16)29-24(32)15-35-23-11-6-18(12-21(23)28)13-22-25(33)31(26(34)30-22)14-17-4-7-19(27)8-5-17/h2-13H,14-15H2,1H3,(H,29,32)(H,30,34)/b22-13-. The van der Waals surface area contributed by atoms with Gasteiger partial charge in [-0.05, 0) is 60.5 Å².